The number of rotatable bonds is 8. The monoisotopic (exact) mass is 636 g/mol. The Labute approximate surface area is 255 Å². The number of urea groups is 1. The van der Waals surface area contributed by atoms with Crippen molar-refractivity contribution in [1.29, 1.82) is 0 Å². The number of carbonyl (C=O) groups excluding carboxylic acids is 2. The van der Waals surface area contributed by atoms with Crippen molar-refractivity contribution in [2.75, 3.05) is 33.4 Å². The van der Waals surface area contributed by atoms with Crippen molar-refractivity contribution >= 4 is 23.5 Å². The zero-order valence-electron chi connectivity index (χ0n) is 23.9. The molecule has 1 atom stereocenters. The predicted molar refractivity (Wildman–Crippen MR) is 152 cm³/mol. The van der Waals surface area contributed by atoms with Crippen molar-refractivity contribution in [1.82, 2.24) is 20.5 Å². The van der Waals surface area contributed by atoms with Gasteiger partial charge in [-0.25, -0.2) is 14.2 Å². The molecule has 1 unspecified atom stereocenters. The number of pyridine rings is 1. The van der Waals surface area contributed by atoms with Gasteiger partial charge < -0.3 is 30.1 Å². The Balaban J connectivity index is 1.47. The number of fused-ring (bicyclic) bond motifs is 1. The molecule has 5 rings (SSSR count). The summed E-state index contributed by atoms with van der Waals surface area (Å²) in [5.41, 5.74) is -4.14. The van der Waals surface area contributed by atoms with Gasteiger partial charge in [0.25, 0.3) is 5.91 Å². The summed E-state index contributed by atoms with van der Waals surface area (Å²) in [6, 6.07) is 8.69. The van der Waals surface area contributed by atoms with Crippen LogP contribution in [0.3, 0.4) is 0 Å². The molecule has 9 nitrogen and oxygen atoms in total. The van der Waals surface area contributed by atoms with Gasteiger partial charge in [-0.1, -0.05) is 31.5 Å². The molecular weight excluding hydrogens is 608 g/mol. The van der Waals surface area contributed by atoms with E-state index < -0.39 is 41.2 Å². The Kier molecular flexibility index (Phi) is 8.14. The highest BCUT2D eigenvalue weighted by molar-refractivity contribution is 6.31. The summed E-state index contributed by atoms with van der Waals surface area (Å²) in [5, 5.41) is 15.8. The average Bonchev–Trinajstić information content (AvgIpc) is 3.53. The molecule has 3 heterocycles. The van der Waals surface area contributed by atoms with Crippen LogP contribution in [0.5, 0.6) is 11.5 Å². The molecule has 2 aromatic carbocycles. The maximum absolute atomic E-state index is 14.6. The third-order valence-electron chi connectivity index (χ3n) is 7.73. The fourth-order valence-corrected chi connectivity index (χ4v) is 5.27. The molecule has 2 aliphatic rings. The molecular formula is C30H29ClF4N4O5. The number of hydrogen-bond acceptors (Lipinski definition) is 6. The molecule has 3 amide bonds. The summed E-state index contributed by atoms with van der Waals surface area (Å²) in [6.45, 7) is 3.54. The second-order valence-electron chi connectivity index (χ2n) is 11.3. The first-order valence-electron chi connectivity index (χ1n) is 13.6. The topological polar surface area (TPSA) is 113 Å². The van der Waals surface area contributed by atoms with Crippen LogP contribution in [0, 0.1) is 5.82 Å². The summed E-state index contributed by atoms with van der Waals surface area (Å²) < 4.78 is 68.9. The SMILES string of the molecule is COc1cc(C(=O)NCC(O)(c2cc3c(c(-c4ccc(F)c(Cl)c4)n2)OCC3(C)C)C(F)(F)F)ccc1CN1CCNC1=O. The van der Waals surface area contributed by atoms with Crippen molar-refractivity contribution in [3.05, 3.63) is 75.7 Å². The number of nitrogens with zero attached hydrogens (tertiary/aromatic N) is 2. The summed E-state index contributed by atoms with van der Waals surface area (Å²) >= 11 is 5.95. The van der Waals surface area contributed by atoms with Crippen molar-refractivity contribution < 1.29 is 41.7 Å². The molecule has 1 fully saturated rings. The Hall–Kier alpha value is -4.10. The third-order valence-corrected chi connectivity index (χ3v) is 8.02. The van der Waals surface area contributed by atoms with Crippen LogP contribution in [0.25, 0.3) is 11.3 Å². The molecule has 0 aliphatic carbocycles. The number of aromatic nitrogens is 1. The van der Waals surface area contributed by atoms with E-state index in [2.05, 4.69) is 15.6 Å². The zero-order chi connectivity index (χ0) is 32.0. The molecule has 3 aromatic rings. The molecule has 0 radical (unpaired) electrons. The molecule has 0 saturated carbocycles. The minimum absolute atomic E-state index is 0.0286. The van der Waals surface area contributed by atoms with Gasteiger partial charge >= 0.3 is 12.2 Å². The van der Waals surface area contributed by atoms with Crippen molar-refractivity contribution in [2.45, 2.75) is 37.6 Å². The molecule has 0 spiro atoms. The van der Waals surface area contributed by atoms with Crippen LogP contribution in [-0.2, 0) is 17.6 Å². The minimum atomic E-state index is -5.28. The Morgan fingerprint density at radius 1 is 1.23 bits per heavy atom. The van der Waals surface area contributed by atoms with Crippen LogP contribution in [0.15, 0.2) is 42.5 Å². The number of methoxy groups -OCH3 is 1. The lowest BCUT2D eigenvalue weighted by molar-refractivity contribution is -0.265. The predicted octanol–water partition coefficient (Wildman–Crippen LogP) is 4.92. The highest BCUT2D eigenvalue weighted by Gasteiger charge is 2.57. The second-order valence-corrected chi connectivity index (χ2v) is 11.7. The van der Waals surface area contributed by atoms with Gasteiger partial charge in [0.2, 0.25) is 5.60 Å². The van der Waals surface area contributed by atoms with Gasteiger partial charge in [-0.2, -0.15) is 13.2 Å². The third kappa shape index (κ3) is 5.73. The standard InChI is InChI=1S/C30H29ClF4N4O5/c1-28(2)15-44-25-19(28)12-23(38-24(25)16-6-7-21(32)20(31)10-16)29(42,30(33,34)35)14-37-26(40)17-4-5-18(22(11-17)43-3)13-39-9-8-36-27(39)41/h4-7,10-12,42H,8-9,13-15H2,1-3H3,(H,36,41)(H,37,40). The van der Waals surface area contributed by atoms with E-state index in [1.54, 1.807) is 24.8 Å². The number of alkyl halides is 3. The fourth-order valence-electron chi connectivity index (χ4n) is 5.09. The summed E-state index contributed by atoms with van der Waals surface area (Å²) in [4.78, 5) is 30.7. The quantitative estimate of drug-likeness (QED) is 0.303. The number of nitrogens with one attached hydrogen (secondary N) is 2. The summed E-state index contributed by atoms with van der Waals surface area (Å²) in [7, 11) is 1.36. The maximum atomic E-state index is 14.6. The molecule has 0 bridgehead atoms. The van der Waals surface area contributed by atoms with E-state index in [1.165, 1.54) is 31.4 Å². The number of aliphatic hydroxyl groups is 1. The van der Waals surface area contributed by atoms with Gasteiger partial charge in [-0.15, -0.1) is 0 Å². The summed E-state index contributed by atoms with van der Waals surface area (Å²) in [6.07, 6.45) is -5.28. The number of halogens is 5. The van der Waals surface area contributed by atoms with E-state index in [9.17, 15) is 32.3 Å². The number of amides is 3. The molecule has 3 N–H and O–H groups in total. The van der Waals surface area contributed by atoms with Crippen LogP contribution >= 0.6 is 11.6 Å². The molecule has 44 heavy (non-hydrogen) atoms. The van der Waals surface area contributed by atoms with E-state index in [-0.39, 0.29) is 52.5 Å². The van der Waals surface area contributed by atoms with E-state index in [0.29, 0.717) is 24.2 Å². The zero-order valence-corrected chi connectivity index (χ0v) is 24.7. The van der Waals surface area contributed by atoms with Crippen LogP contribution in [0.2, 0.25) is 5.02 Å². The largest absolute Gasteiger partial charge is 0.496 e. The van der Waals surface area contributed by atoms with E-state index in [1.807, 2.05) is 0 Å². The first-order valence-corrected chi connectivity index (χ1v) is 13.9. The van der Waals surface area contributed by atoms with Crippen LogP contribution < -0.4 is 20.1 Å². The first kappa shape index (κ1) is 31.3. The maximum Gasteiger partial charge on any atom is 0.424 e. The van der Waals surface area contributed by atoms with Crippen LogP contribution in [0.1, 0.15) is 41.0 Å². The molecule has 1 saturated heterocycles. The molecule has 234 valence electrons. The van der Waals surface area contributed by atoms with E-state index >= 15 is 0 Å². The van der Waals surface area contributed by atoms with Gasteiger partial charge in [0.05, 0.1) is 37.5 Å². The second kappa shape index (κ2) is 11.4. The minimum Gasteiger partial charge on any atom is -0.496 e. The Bertz CT molecular complexity index is 1630. The van der Waals surface area contributed by atoms with Gasteiger partial charge in [0, 0.05) is 40.8 Å². The number of carbonyl (C=O) groups is 2. The lowest BCUT2D eigenvalue weighted by atomic mass is 9.84. The van der Waals surface area contributed by atoms with Gasteiger partial charge in [-0.05, 0) is 36.4 Å². The molecule has 1 aromatic heterocycles. The first-order chi connectivity index (χ1) is 20.6. The molecule has 14 heteroatoms. The van der Waals surface area contributed by atoms with Crippen molar-refractivity contribution in [3.63, 3.8) is 0 Å². The normalized spacial score (nSPS) is 17.0. The number of hydrogen-bond donors (Lipinski definition) is 3. The average molecular weight is 637 g/mol. The highest BCUT2D eigenvalue weighted by Crippen LogP contribution is 2.47. The van der Waals surface area contributed by atoms with Gasteiger partial charge in [0.1, 0.15) is 23.0 Å². The smallest absolute Gasteiger partial charge is 0.424 e. The van der Waals surface area contributed by atoms with E-state index in [4.69, 9.17) is 21.1 Å². The van der Waals surface area contributed by atoms with Gasteiger partial charge in [-0.3, -0.25) is 4.79 Å². The lowest BCUT2D eigenvalue weighted by Gasteiger charge is -2.31. The van der Waals surface area contributed by atoms with Crippen molar-refractivity contribution in [3.8, 4) is 22.8 Å². The lowest BCUT2D eigenvalue weighted by Crippen LogP contribution is -2.51. The number of ether oxygens (including phenoxy) is 2. The fraction of sp³-hybridized carbons (Fsp3) is 0.367. The van der Waals surface area contributed by atoms with Crippen LogP contribution in [-0.4, -0.2) is 66.5 Å². The summed E-state index contributed by atoms with van der Waals surface area (Å²) in [5.74, 6) is -1.20. The Morgan fingerprint density at radius 2 is 1.98 bits per heavy atom. The van der Waals surface area contributed by atoms with Crippen LogP contribution in [0.4, 0.5) is 22.4 Å². The van der Waals surface area contributed by atoms with Gasteiger partial charge in [0.15, 0.2) is 0 Å². The highest BCUT2D eigenvalue weighted by atomic mass is 35.5. The Morgan fingerprint density at radius 3 is 2.61 bits per heavy atom. The van der Waals surface area contributed by atoms with E-state index in [0.717, 1.165) is 12.1 Å². The number of benzene rings is 2. The molecule has 2 aliphatic heterocycles. The van der Waals surface area contributed by atoms with Crippen molar-refractivity contribution in [2.24, 2.45) is 0 Å².